The summed E-state index contributed by atoms with van der Waals surface area (Å²) in [7, 11) is 3.34. The molecule has 0 aliphatic heterocycles. The number of aryl methyl sites for hydroxylation is 1. The van der Waals surface area contributed by atoms with Gasteiger partial charge in [-0.15, -0.1) is 0 Å². The van der Waals surface area contributed by atoms with E-state index in [9.17, 15) is 0 Å². The lowest BCUT2D eigenvalue weighted by Crippen LogP contribution is -2.03. The second-order valence-electron chi connectivity index (χ2n) is 5.72. The number of nitrogens with two attached hydrogens (primary N) is 1. The van der Waals surface area contributed by atoms with Gasteiger partial charge in [0, 0.05) is 30.4 Å². The Morgan fingerprint density at radius 2 is 2.00 bits per heavy atom. The molecule has 0 amide bonds. The Kier molecular flexibility index (Phi) is 3.93. The molecule has 7 nitrogen and oxygen atoms in total. The number of benzene rings is 1. The average Bonchev–Trinajstić information content (AvgIpc) is 3.07. The number of nitrogen functional groups attached to an aromatic ring is 1. The average molecular weight is 367 g/mol. The zero-order chi connectivity index (χ0) is 18.3. The monoisotopic (exact) mass is 366 g/mol. The first kappa shape index (κ1) is 16.3. The minimum atomic E-state index is 0.199. The zero-order valence-electron chi connectivity index (χ0n) is 14.1. The number of hydrogen-bond acceptors (Lipinski definition) is 6. The molecule has 1 aromatic carbocycles. The maximum atomic E-state index is 6.43. The van der Waals surface area contributed by atoms with Gasteiger partial charge in [0.1, 0.15) is 17.1 Å². The first-order chi connectivity index (χ1) is 12.6. The topological polar surface area (TPSA) is 91.7 Å². The zero-order valence-corrected chi connectivity index (χ0v) is 14.9. The molecule has 3 aromatic heterocycles. The molecule has 8 heteroatoms. The molecular weight excluding hydrogens is 352 g/mol. The molecule has 4 rings (SSSR count). The van der Waals surface area contributed by atoms with Crippen LogP contribution >= 0.6 is 11.6 Å². The third-order valence-corrected chi connectivity index (χ3v) is 4.26. The summed E-state index contributed by atoms with van der Waals surface area (Å²) >= 11 is 6.43. The Hall–Kier alpha value is -3.19. The molecule has 0 fully saturated rings. The molecular formula is C18H15ClN6O. The van der Waals surface area contributed by atoms with E-state index in [0.29, 0.717) is 22.1 Å². The third-order valence-electron chi connectivity index (χ3n) is 3.97. The first-order valence-corrected chi connectivity index (χ1v) is 8.21. The van der Waals surface area contributed by atoms with Crippen molar-refractivity contribution in [3.05, 3.63) is 47.7 Å². The molecule has 3 heterocycles. The number of fused-ring (bicyclic) bond motifs is 1. The van der Waals surface area contributed by atoms with E-state index in [1.165, 1.54) is 7.11 Å². The van der Waals surface area contributed by atoms with Crippen molar-refractivity contribution in [3.63, 3.8) is 0 Å². The number of pyridine rings is 1. The van der Waals surface area contributed by atoms with Crippen LogP contribution in [0.15, 0.2) is 42.7 Å². The standard InChI is InChI=1S/C18H15ClN6O/c1-25-7-5-13(24-25)16-15(23-18(26-2)17(20)22-16)11-8-10-4-3-6-21-14(10)12(19)9-11/h3-9H,1-2H3,(H2,20,22). The molecule has 0 aliphatic carbocycles. The highest BCUT2D eigenvalue weighted by atomic mass is 35.5. The lowest BCUT2D eigenvalue weighted by Gasteiger charge is -2.12. The Balaban J connectivity index is 2.01. The molecule has 0 radical (unpaired) electrons. The Labute approximate surface area is 154 Å². The Morgan fingerprint density at radius 1 is 1.15 bits per heavy atom. The fraction of sp³-hybridized carbons (Fsp3) is 0.111. The van der Waals surface area contributed by atoms with E-state index in [4.69, 9.17) is 22.1 Å². The van der Waals surface area contributed by atoms with Crippen LogP contribution in [0.5, 0.6) is 5.88 Å². The second kappa shape index (κ2) is 6.27. The number of anilines is 1. The largest absolute Gasteiger partial charge is 0.478 e. The third kappa shape index (κ3) is 2.72. The van der Waals surface area contributed by atoms with Gasteiger partial charge in [-0.3, -0.25) is 9.67 Å². The van der Waals surface area contributed by atoms with Crippen LogP contribution in [0.3, 0.4) is 0 Å². The van der Waals surface area contributed by atoms with Gasteiger partial charge < -0.3 is 10.5 Å². The number of halogens is 1. The summed E-state index contributed by atoms with van der Waals surface area (Å²) < 4.78 is 6.94. The molecule has 26 heavy (non-hydrogen) atoms. The van der Waals surface area contributed by atoms with Crippen molar-refractivity contribution in [1.82, 2.24) is 24.7 Å². The second-order valence-corrected chi connectivity index (χ2v) is 6.13. The fourth-order valence-corrected chi connectivity index (χ4v) is 3.06. The fourth-order valence-electron chi connectivity index (χ4n) is 2.79. The predicted octanol–water partition coefficient (Wildman–Crippen LogP) is 3.34. The maximum absolute atomic E-state index is 6.43. The predicted molar refractivity (Wildman–Crippen MR) is 101 cm³/mol. The summed E-state index contributed by atoms with van der Waals surface area (Å²) in [5.74, 6) is 0.451. The summed E-state index contributed by atoms with van der Waals surface area (Å²) in [6.45, 7) is 0. The van der Waals surface area contributed by atoms with E-state index in [1.807, 2.05) is 43.6 Å². The van der Waals surface area contributed by atoms with Crippen molar-refractivity contribution >= 4 is 28.3 Å². The van der Waals surface area contributed by atoms with Crippen molar-refractivity contribution in [3.8, 4) is 28.5 Å². The minimum absolute atomic E-state index is 0.199. The highest BCUT2D eigenvalue weighted by Crippen LogP contribution is 2.35. The van der Waals surface area contributed by atoms with Crippen LogP contribution in [0.4, 0.5) is 5.82 Å². The van der Waals surface area contributed by atoms with Crippen LogP contribution < -0.4 is 10.5 Å². The van der Waals surface area contributed by atoms with Crippen molar-refractivity contribution in [2.75, 3.05) is 12.8 Å². The molecule has 0 saturated heterocycles. The van der Waals surface area contributed by atoms with E-state index in [2.05, 4.69) is 20.1 Å². The smallest absolute Gasteiger partial charge is 0.257 e. The SMILES string of the molecule is COc1nc(-c2cc(Cl)c3ncccc3c2)c(-c2ccn(C)n2)nc1N. The number of ether oxygens (including phenoxy) is 1. The van der Waals surface area contributed by atoms with E-state index < -0.39 is 0 Å². The van der Waals surface area contributed by atoms with Crippen molar-refractivity contribution in [2.24, 2.45) is 7.05 Å². The number of hydrogen-bond donors (Lipinski definition) is 1. The van der Waals surface area contributed by atoms with Crippen LogP contribution in [-0.4, -0.2) is 31.8 Å². The van der Waals surface area contributed by atoms with Gasteiger partial charge in [-0.1, -0.05) is 17.7 Å². The maximum Gasteiger partial charge on any atom is 0.257 e. The molecule has 0 bridgehead atoms. The summed E-state index contributed by atoms with van der Waals surface area (Å²) in [5.41, 5.74) is 9.29. The molecule has 130 valence electrons. The molecule has 0 saturated carbocycles. The van der Waals surface area contributed by atoms with E-state index >= 15 is 0 Å². The van der Waals surface area contributed by atoms with E-state index in [1.54, 1.807) is 10.9 Å². The van der Waals surface area contributed by atoms with Gasteiger partial charge in [-0.25, -0.2) is 9.97 Å². The van der Waals surface area contributed by atoms with E-state index in [0.717, 1.165) is 16.5 Å². The molecule has 4 aromatic rings. The van der Waals surface area contributed by atoms with Crippen molar-refractivity contribution < 1.29 is 4.74 Å². The molecule has 0 spiro atoms. The summed E-state index contributed by atoms with van der Waals surface area (Å²) in [5, 5.41) is 5.85. The van der Waals surface area contributed by atoms with Gasteiger partial charge in [-0.2, -0.15) is 5.10 Å². The van der Waals surface area contributed by atoms with Gasteiger partial charge in [0.25, 0.3) is 5.88 Å². The summed E-state index contributed by atoms with van der Waals surface area (Å²) in [6.07, 6.45) is 3.54. The molecule has 0 aliphatic rings. The minimum Gasteiger partial charge on any atom is -0.478 e. The van der Waals surface area contributed by atoms with Gasteiger partial charge in [0.2, 0.25) is 0 Å². The van der Waals surface area contributed by atoms with Gasteiger partial charge >= 0.3 is 0 Å². The first-order valence-electron chi connectivity index (χ1n) is 7.83. The Bertz CT molecular complexity index is 1120. The lowest BCUT2D eigenvalue weighted by molar-refractivity contribution is 0.399. The summed E-state index contributed by atoms with van der Waals surface area (Å²) in [4.78, 5) is 13.3. The molecule has 2 N–H and O–H groups in total. The number of rotatable bonds is 3. The van der Waals surface area contributed by atoms with E-state index in [-0.39, 0.29) is 11.7 Å². The highest BCUT2D eigenvalue weighted by Gasteiger charge is 2.19. The molecule has 0 atom stereocenters. The van der Waals surface area contributed by atoms with Crippen LogP contribution in [0.1, 0.15) is 0 Å². The molecule has 0 unspecified atom stereocenters. The van der Waals surface area contributed by atoms with Gasteiger partial charge in [0.15, 0.2) is 5.82 Å². The highest BCUT2D eigenvalue weighted by molar-refractivity contribution is 6.35. The summed E-state index contributed by atoms with van der Waals surface area (Å²) in [6, 6.07) is 9.42. The normalized spacial score (nSPS) is 11.0. The number of nitrogens with zero attached hydrogens (tertiary/aromatic N) is 5. The van der Waals surface area contributed by atoms with Crippen molar-refractivity contribution in [1.29, 1.82) is 0 Å². The number of methoxy groups -OCH3 is 1. The van der Waals surface area contributed by atoms with Crippen LogP contribution in [0, 0.1) is 0 Å². The van der Waals surface area contributed by atoms with Crippen LogP contribution in [-0.2, 0) is 7.05 Å². The number of aromatic nitrogens is 5. The van der Waals surface area contributed by atoms with Gasteiger partial charge in [0.05, 0.1) is 17.6 Å². The quantitative estimate of drug-likeness (QED) is 0.598. The Morgan fingerprint density at radius 3 is 2.73 bits per heavy atom. The van der Waals surface area contributed by atoms with Crippen LogP contribution in [0.25, 0.3) is 33.5 Å². The van der Waals surface area contributed by atoms with Crippen LogP contribution in [0.2, 0.25) is 5.02 Å². The lowest BCUT2D eigenvalue weighted by atomic mass is 10.0. The van der Waals surface area contributed by atoms with Crippen molar-refractivity contribution in [2.45, 2.75) is 0 Å². The van der Waals surface area contributed by atoms with Gasteiger partial charge in [-0.05, 0) is 24.3 Å².